The number of aromatic amines is 1. The Kier molecular flexibility index (Phi) is 6.92. The fraction of sp³-hybridized carbons (Fsp3) is 0.167. The van der Waals surface area contributed by atoms with Gasteiger partial charge < -0.3 is 14.9 Å². The van der Waals surface area contributed by atoms with Crippen LogP contribution in [0.5, 0.6) is 11.5 Å². The molecule has 2 N–H and O–H groups in total. The smallest absolute Gasteiger partial charge is 0.214 e. The Morgan fingerprint density at radius 3 is 2.59 bits per heavy atom. The molecule has 0 aliphatic rings. The van der Waals surface area contributed by atoms with Gasteiger partial charge in [-0.1, -0.05) is 54.6 Å². The molecule has 0 aliphatic heterocycles. The van der Waals surface area contributed by atoms with Crippen molar-refractivity contribution < 1.29 is 9.47 Å². The lowest BCUT2D eigenvalue weighted by Gasteiger charge is -2.16. The van der Waals surface area contributed by atoms with Crippen molar-refractivity contribution in [2.75, 3.05) is 12.5 Å². The molecule has 4 rings (SSSR count). The third kappa shape index (κ3) is 4.87. The first-order valence-corrected chi connectivity index (χ1v) is 11.3. The van der Waals surface area contributed by atoms with Crippen molar-refractivity contribution in [3.63, 3.8) is 0 Å². The van der Waals surface area contributed by atoms with Crippen LogP contribution < -0.4 is 14.9 Å². The summed E-state index contributed by atoms with van der Waals surface area (Å²) in [5, 5.41) is 7.20. The maximum Gasteiger partial charge on any atom is 0.214 e. The van der Waals surface area contributed by atoms with Gasteiger partial charge in [-0.15, -0.1) is 0 Å². The van der Waals surface area contributed by atoms with E-state index in [1.54, 1.807) is 11.8 Å². The molecule has 0 unspecified atom stereocenters. The molecule has 0 saturated heterocycles. The van der Waals surface area contributed by atoms with Gasteiger partial charge in [0.05, 0.1) is 18.1 Å². The number of hydrogen-bond donors (Lipinski definition) is 2. The Hall–Kier alpha value is -3.10. The second-order valence-electron chi connectivity index (χ2n) is 7.21. The number of ether oxygens (including phenoxy) is 2. The van der Waals surface area contributed by atoms with Crippen molar-refractivity contribution in [3.8, 4) is 22.9 Å². The zero-order chi connectivity index (χ0) is 22.5. The lowest BCUT2D eigenvalue weighted by Crippen LogP contribution is -2.16. The predicted molar refractivity (Wildman–Crippen MR) is 132 cm³/mol. The summed E-state index contributed by atoms with van der Waals surface area (Å²) >= 11 is 9.04. The molecule has 4 aromatic rings. The first-order chi connectivity index (χ1) is 15.6. The molecule has 32 heavy (non-hydrogen) atoms. The highest BCUT2D eigenvalue weighted by molar-refractivity contribution is 9.10. The summed E-state index contributed by atoms with van der Waals surface area (Å²) in [6.07, 6.45) is 0. The number of nitrogens with zero attached hydrogens (tertiary/aromatic N) is 2. The van der Waals surface area contributed by atoms with E-state index in [0.717, 1.165) is 27.0 Å². The summed E-state index contributed by atoms with van der Waals surface area (Å²) in [7, 11) is 1.64. The van der Waals surface area contributed by atoms with Gasteiger partial charge in [0.15, 0.2) is 17.3 Å². The predicted octanol–water partition coefficient (Wildman–Crippen LogP) is 6.01. The summed E-state index contributed by atoms with van der Waals surface area (Å²) in [6, 6.07) is 22.0. The second kappa shape index (κ2) is 10.0. The van der Waals surface area contributed by atoms with E-state index in [9.17, 15) is 0 Å². The molecule has 0 spiro atoms. The monoisotopic (exact) mass is 510 g/mol. The largest absolute Gasteiger partial charge is 0.493 e. The zero-order valence-corrected chi connectivity index (χ0v) is 20.2. The van der Waals surface area contributed by atoms with E-state index < -0.39 is 0 Å². The lowest BCUT2D eigenvalue weighted by molar-refractivity contribution is 0.282. The summed E-state index contributed by atoms with van der Waals surface area (Å²) in [5.41, 5.74) is 7.63. The van der Waals surface area contributed by atoms with Crippen molar-refractivity contribution in [3.05, 3.63) is 92.7 Å². The van der Waals surface area contributed by atoms with Gasteiger partial charge in [-0.3, -0.25) is 0 Å². The highest BCUT2D eigenvalue weighted by Crippen LogP contribution is 2.37. The minimum Gasteiger partial charge on any atom is -0.493 e. The minimum absolute atomic E-state index is 0.462. The molecule has 0 saturated carbocycles. The van der Waals surface area contributed by atoms with Gasteiger partial charge in [0.25, 0.3) is 0 Å². The van der Waals surface area contributed by atoms with Crippen LogP contribution in [0.2, 0.25) is 0 Å². The molecule has 164 valence electrons. The number of methoxy groups -OCH3 is 1. The number of benzene rings is 3. The molecule has 0 fully saturated rings. The van der Waals surface area contributed by atoms with E-state index in [1.807, 2.05) is 54.6 Å². The maximum atomic E-state index is 6.10. The number of nitrogens with one attached hydrogen (secondary N) is 2. The van der Waals surface area contributed by atoms with Crippen LogP contribution >= 0.6 is 28.1 Å². The summed E-state index contributed by atoms with van der Waals surface area (Å²) < 4.78 is 14.8. The van der Waals surface area contributed by atoms with Crippen LogP contribution in [0.3, 0.4) is 0 Å². The normalized spacial score (nSPS) is 10.7. The Balaban J connectivity index is 1.52. The number of H-pyrrole nitrogens is 1. The van der Waals surface area contributed by atoms with Crippen LogP contribution in [0.25, 0.3) is 11.4 Å². The summed E-state index contributed by atoms with van der Waals surface area (Å²) in [5.74, 6) is 2.05. The molecule has 0 amide bonds. The number of aromatic nitrogens is 3. The maximum absolute atomic E-state index is 6.10. The highest BCUT2D eigenvalue weighted by Gasteiger charge is 2.14. The number of aryl methyl sites for hydroxylation is 1. The van der Waals surface area contributed by atoms with E-state index in [1.165, 1.54) is 5.56 Å². The SMILES string of the molecule is COc1cc(CNn2c(-c3ccccc3)n[nH]c2=S)cc(Br)c1OCc1ccccc1C. The second-order valence-corrected chi connectivity index (χ2v) is 8.45. The molecule has 3 aromatic carbocycles. The van der Waals surface area contributed by atoms with E-state index in [0.29, 0.717) is 29.4 Å². The number of rotatable bonds is 8. The molecule has 6 nitrogen and oxygen atoms in total. The Bertz CT molecular complexity index is 1270. The quantitative estimate of drug-likeness (QED) is 0.284. The topological polar surface area (TPSA) is 64.1 Å². The number of hydrogen-bond acceptors (Lipinski definition) is 5. The molecule has 0 atom stereocenters. The van der Waals surface area contributed by atoms with Crippen LogP contribution in [0.15, 0.2) is 71.2 Å². The van der Waals surface area contributed by atoms with Gasteiger partial charge in [0, 0.05) is 5.56 Å². The molecular formula is C24H23BrN4O2S. The standard InChI is InChI=1S/C24H23BrN4O2S/c1-16-8-6-7-11-19(16)15-31-22-20(25)12-17(13-21(22)30-2)14-26-29-23(27-28-24(29)32)18-9-4-3-5-10-18/h3-13,26H,14-15H2,1-2H3,(H,28,32). The Morgan fingerprint density at radius 1 is 1.09 bits per heavy atom. The van der Waals surface area contributed by atoms with Crippen LogP contribution in [0, 0.1) is 11.7 Å². The fourth-order valence-corrected chi connectivity index (χ4v) is 4.13. The molecule has 1 aromatic heterocycles. The first kappa shape index (κ1) is 22.1. The summed E-state index contributed by atoms with van der Waals surface area (Å²) in [4.78, 5) is 0. The van der Waals surface area contributed by atoms with Gasteiger partial charge in [0.2, 0.25) is 4.77 Å². The number of halogens is 1. The van der Waals surface area contributed by atoms with Crippen molar-refractivity contribution in [1.82, 2.24) is 14.9 Å². The van der Waals surface area contributed by atoms with Crippen molar-refractivity contribution in [1.29, 1.82) is 0 Å². The van der Waals surface area contributed by atoms with Crippen LogP contribution in [0.4, 0.5) is 0 Å². The molecule has 0 radical (unpaired) electrons. The minimum atomic E-state index is 0.462. The van der Waals surface area contributed by atoms with Crippen LogP contribution in [-0.2, 0) is 13.2 Å². The first-order valence-electron chi connectivity index (χ1n) is 10.1. The average Bonchev–Trinajstić information content (AvgIpc) is 3.18. The molecule has 8 heteroatoms. The Morgan fingerprint density at radius 2 is 1.84 bits per heavy atom. The van der Waals surface area contributed by atoms with E-state index in [-0.39, 0.29) is 0 Å². The van der Waals surface area contributed by atoms with E-state index >= 15 is 0 Å². The van der Waals surface area contributed by atoms with Gasteiger partial charge >= 0.3 is 0 Å². The third-order valence-corrected chi connectivity index (χ3v) is 5.93. The van der Waals surface area contributed by atoms with E-state index in [2.05, 4.69) is 50.6 Å². The van der Waals surface area contributed by atoms with Crippen molar-refractivity contribution >= 4 is 28.1 Å². The van der Waals surface area contributed by atoms with Crippen molar-refractivity contribution in [2.24, 2.45) is 0 Å². The zero-order valence-electron chi connectivity index (χ0n) is 17.8. The van der Waals surface area contributed by atoms with Crippen LogP contribution in [-0.4, -0.2) is 22.0 Å². The Labute approximate surface area is 200 Å². The van der Waals surface area contributed by atoms with Gasteiger partial charge in [-0.25, -0.2) is 9.77 Å². The van der Waals surface area contributed by atoms with Gasteiger partial charge in [-0.2, -0.15) is 5.10 Å². The fourth-order valence-electron chi connectivity index (χ4n) is 3.33. The van der Waals surface area contributed by atoms with Crippen LogP contribution in [0.1, 0.15) is 16.7 Å². The third-order valence-electron chi connectivity index (χ3n) is 5.07. The highest BCUT2D eigenvalue weighted by atomic mass is 79.9. The van der Waals surface area contributed by atoms with Crippen molar-refractivity contribution in [2.45, 2.75) is 20.1 Å². The molecule has 0 bridgehead atoms. The molecule has 0 aliphatic carbocycles. The summed E-state index contributed by atoms with van der Waals surface area (Å²) in [6.45, 7) is 3.05. The molecular weight excluding hydrogens is 488 g/mol. The van der Waals surface area contributed by atoms with E-state index in [4.69, 9.17) is 21.7 Å². The lowest BCUT2D eigenvalue weighted by atomic mass is 10.1. The van der Waals surface area contributed by atoms with Gasteiger partial charge in [-0.05, 0) is 63.9 Å². The average molecular weight is 511 g/mol. The van der Waals surface area contributed by atoms with Gasteiger partial charge in [0.1, 0.15) is 6.61 Å². The molecule has 1 heterocycles.